The second-order valence-corrected chi connectivity index (χ2v) is 8.81. The van der Waals surface area contributed by atoms with Crippen LogP contribution in [-0.4, -0.2) is 41.7 Å². The van der Waals surface area contributed by atoms with Gasteiger partial charge in [0.15, 0.2) is 0 Å². The number of hydrogen-bond donors (Lipinski definition) is 1. The molecule has 0 saturated carbocycles. The van der Waals surface area contributed by atoms with Crippen molar-refractivity contribution in [1.82, 2.24) is 14.3 Å². The summed E-state index contributed by atoms with van der Waals surface area (Å²) in [6.07, 6.45) is 2.77. The lowest BCUT2D eigenvalue weighted by Crippen LogP contribution is -2.35. The molecule has 0 atom stereocenters. The number of aryl methyl sites for hydroxylation is 3. The van der Waals surface area contributed by atoms with Gasteiger partial charge in [0.25, 0.3) is 5.91 Å². The minimum absolute atomic E-state index is 0.140. The minimum Gasteiger partial charge on any atom is -0.290 e. The molecule has 0 spiro atoms. The fourth-order valence-electron chi connectivity index (χ4n) is 3.21. The van der Waals surface area contributed by atoms with Crippen LogP contribution in [0.5, 0.6) is 0 Å². The number of anilines is 1. The molecule has 1 aliphatic rings. The molecule has 1 N–H and O–H groups in total. The molecule has 2 heterocycles. The Morgan fingerprint density at radius 1 is 1.00 bits per heavy atom. The van der Waals surface area contributed by atoms with E-state index in [4.69, 9.17) is 0 Å². The van der Waals surface area contributed by atoms with Crippen LogP contribution in [0.4, 0.5) is 5.95 Å². The number of piperidine rings is 1. The fourth-order valence-corrected chi connectivity index (χ4v) is 4.76. The summed E-state index contributed by atoms with van der Waals surface area (Å²) in [5.41, 5.74) is 2.48. The van der Waals surface area contributed by atoms with Gasteiger partial charge in [0.2, 0.25) is 16.0 Å². The Bertz CT molecular complexity index is 947. The van der Waals surface area contributed by atoms with Crippen LogP contribution in [0.25, 0.3) is 0 Å². The third-order valence-corrected chi connectivity index (χ3v) is 6.51. The third-order valence-electron chi connectivity index (χ3n) is 4.61. The number of carbonyl (C=O) groups excluding carboxylic acids is 1. The van der Waals surface area contributed by atoms with Crippen LogP contribution in [0.15, 0.2) is 29.2 Å². The van der Waals surface area contributed by atoms with E-state index in [0.717, 1.165) is 30.7 Å². The maximum atomic E-state index is 12.9. The van der Waals surface area contributed by atoms with Crippen LogP contribution < -0.4 is 5.32 Å². The van der Waals surface area contributed by atoms with E-state index < -0.39 is 15.9 Å². The molecule has 1 amide bonds. The van der Waals surface area contributed by atoms with E-state index in [1.54, 1.807) is 19.1 Å². The molecular formula is C19H24N4O3S. The van der Waals surface area contributed by atoms with Crippen LogP contribution in [0.1, 0.15) is 46.6 Å². The number of rotatable bonds is 4. The van der Waals surface area contributed by atoms with Crippen molar-refractivity contribution in [3.8, 4) is 0 Å². The van der Waals surface area contributed by atoms with E-state index in [1.165, 1.54) is 10.4 Å². The predicted octanol–water partition coefficient (Wildman–Crippen LogP) is 2.83. The molecule has 1 aromatic carbocycles. The molecule has 8 heteroatoms. The smallest absolute Gasteiger partial charge is 0.258 e. The Morgan fingerprint density at radius 3 is 2.26 bits per heavy atom. The van der Waals surface area contributed by atoms with Gasteiger partial charge in [-0.1, -0.05) is 12.5 Å². The molecule has 1 saturated heterocycles. The molecule has 7 nitrogen and oxygen atoms in total. The number of sulfonamides is 1. The summed E-state index contributed by atoms with van der Waals surface area (Å²) >= 11 is 0. The molecule has 0 bridgehead atoms. The normalized spacial score (nSPS) is 15.5. The molecule has 1 fully saturated rings. The van der Waals surface area contributed by atoms with Gasteiger partial charge in [0.1, 0.15) is 0 Å². The van der Waals surface area contributed by atoms with Gasteiger partial charge in [-0.15, -0.1) is 0 Å². The third kappa shape index (κ3) is 4.33. The van der Waals surface area contributed by atoms with E-state index in [0.29, 0.717) is 24.2 Å². The van der Waals surface area contributed by atoms with Crippen molar-refractivity contribution in [2.24, 2.45) is 0 Å². The van der Waals surface area contributed by atoms with E-state index in [1.807, 2.05) is 19.9 Å². The number of hydrogen-bond acceptors (Lipinski definition) is 5. The Labute approximate surface area is 159 Å². The zero-order valence-electron chi connectivity index (χ0n) is 15.8. The molecule has 2 aromatic rings. The molecule has 0 aliphatic carbocycles. The monoisotopic (exact) mass is 388 g/mol. The first-order valence-corrected chi connectivity index (χ1v) is 10.5. The average Bonchev–Trinajstić information content (AvgIpc) is 2.61. The van der Waals surface area contributed by atoms with Gasteiger partial charge in [-0.3, -0.25) is 10.1 Å². The maximum absolute atomic E-state index is 12.9. The summed E-state index contributed by atoms with van der Waals surface area (Å²) in [7, 11) is -3.60. The number of carbonyl (C=O) groups is 1. The van der Waals surface area contributed by atoms with Gasteiger partial charge in [-0.05, 0) is 57.4 Å². The van der Waals surface area contributed by atoms with E-state index >= 15 is 0 Å². The lowest BCUT2D eigenvalue weighted by Gasteiger charge is -2.26. The Kier molecular flexibility index (Phi) is 5.57. The van der Waals surface area contributed by atoms with Crippen molar-refractivity contribution in [3.63, 3.8) is 0 Å². The van der Waals surface area contributed by atoms with Gasteiger partial charge in [-0.25, -0.2) is 18.4 Å². The minimum atomic E-state index is -3.60. The quantitative estimate of drug-likeness (QED) is 0.869. The van der Waals surface area contributed by atoms with Crippen molar-refractivity contribution in [2.75, 3.05) is 18.4 Å². The van der Waals surface area contributed by atoms with E-state index in [-0.39, 0.29) is 10.8 Å². The summed E-state index contributed by atoms with van der Waals surface area (Å²) in [6.45, 7) is 6.46. The molecule has 1 aromatic heterocycles. The molecule has 3 rings (SSSR count). The highest BCUT2D eigenvalue weighted by Crippen LogP contribution is 2.23. The Morgan fingerprint density at radius 2 is 1.63 bits per heavy atom. The lowest BCUT2D eigenvalue weighted by molar-refractivity contribution is 0.102. The van der Waals surface area contributed by atoms with Crippen molar-refractivity contribution < 1.29 is 13.2 Å². The molecule has 144 valence electrons. The first-order chi connectivity index (χ1) is 12.8. The number of nitrogens with one attached hydrogen (secondary N) is 1. The van der Waals surface area contributed by atoms with Crippen molar-refractivity contribution >= 4 is 21.9 Å². The van der Waals surface area contributed by atoms with Gasteiger partial charge in [0, 0.05) is 30.0 Å². The van der Waals surface area contributed by atoms with Gasteiger partial charge in [0.05, 0.1) is 4.90 Å². The van der Waals surface area contributed by atoms with Gasteiger partial charge < -0.3 is 0 Å². The van der Waals surface area contributed by atoms with E-state index in [2.05, 4.69) is 15.3 Å². The van der Waals surface area contributed by atoms with Gasteiger partial charge in [-0.2, -0.15) is 4.31 Å². The first-order valence-electron chi connectivity index (χ1n) is 9.02. The largest absolute Gasteiger partial charge is 0.290 e. The topological polar surface area (TPSA) is 92.3 Å². The summed E-state index contributed by atoms with van der Waals surface area (Å²) in [6, 6.07) is 6.47. The first kappa shape index (κ1) is 19.4. The highest BCUT2D eigenvalue weighted by molar-refractivity contribution is 7.89. The SMILES string of the molecule is Cc1cc(C)nc(NC(=O)c2cc(S(=O)(=O)N3CCCCC3)ccc2C)n1. The maximum Gasteiger partial charge on any atom is 0.258 e. The lowest BCUT2D eigenvalue weighted by atomic mass is 10.1. The molecule has 0 unspecified atom stereocenters. The predicted molar refractivity (Wildman–Crippen MR) is 103 cm³/mol. The average molecular weight is 388 g/mol. The van der Waals surface area contributed by atoms with Crippen LogP contribution in [0.2, 0.25) is 0 Å². The van der Waals surface area contributed by atoms with Crippen molar-refractivity contribution in [2.45, 2.75) is 44.9 Å². The summed E-state index contributed by atoms with van der Waals surface area (Å²) in [5, 5.41) is 2.67. The van der Waals surface area contributed by atoms with Crippen molar-refractivity contribution in [3.05, 3.63) is 46.8 Å². The molecule has 27 heavy (non-hydrogen) atoms. The van der Waals surface area contributed by atoms with Crippen molar-refractivity contribution in [1.29, 1.82) is 0 Å². The summed E-state index contributed by atoms with van der Waals surface area (Å²) in [5.74, 6) is -0.214. The highest BCUT2D eigenvalue weighted by Gasteiger charge is 2.27. The number of nitrogens with zero attached hydrogens (tertiary/aromatic N) is 3. The molecule has 0 radical (unpaired) electrons. The van der Waals surface area contributed by atoms with Crippen LogP contribution in [0.3, 0.4) is 0 Å². The van der Waals surface area contributed by atoms with Crippen LogP contribution in [-0.2, 0) is 10.0 Å². The van der Waals surface area contributed by atoms with Crippen LogP contribution >= 0.6 is 0 Å². The van der Waals surface area contributed by atoms with Crippen LogP contribution in [0, 0.1) is 20.8 Å². The zero-order valence-corrected chi connectivity index (χ0v) is 16.6. The summed E-state index contributed by atoms with van der Waals surface area (Å²) in [4.78, 5) is 21.3. The second kappa shape index (κ2) is 7.74. The van der Waals surface area contributed by atoms with Gasteiger partial charge >= 0.3 is 0 Å². The molecular weight excluding hydrogens is 364 g/mol. The Balaban J connectivity index is 1.89. The van der Waals surface area contributed by atoms with E-state index in [9.17, 15) is 13.2 Å². The Hall–Kier alpha value is -2.32. The standard InChI is InChI=1S/C19H24N4O3S/c1-13-7-8-16(27(25,26)23-9-5-4-6-10-23)12-17(13)18(24)22-19-20-14(2)11-15(3)21-19/h7-8,11-12H,4-6,9-10H2,1-3H3,(H,20,21,22,24). The number of amides is 1. The highest BCUT2D eigenvalue weighted by atomic mass is 32.2. The number of aromatic nitrogens is 2. The summed E-state index contributed by atoms with van der Waals surface area (Å²) < 4.78 is 27.3. The number of benzene rings is 1. The second-order valence-electron chi connectivity index (χ2n) is 6.87. The molecule has 1 aliphatic heterocycles. The fraction of sp³-hybridized carbons (Fsp3) is 0.421. The zero-order chi connectivity index (χ0) is 19.6.